The molecule has 1 unspecified atom stereocenters. The van der Waals surface area contributed by atoms with Crippen LogP contribution >= 0.6 is 23.2 Å². The van der Waals surface area contributed by atoms with Crippen LogP contribution in [0.4, 0.5) is 11.4 Å². The Morgan fingerprint density at radius 1 is 1.38 bits per heavy atom. The van der Waals surface area contributed by atoms with Crippen molar-refractivity contribution >= 4 is 34.6 Å². The van der Waals surface area contributed by atoms with E-state index in [0.29, 0.717) is 33.9 Å². The first-order chi connectivity index (χ1) is 7.58. The Morgan fingerprint density at radius 2 is 1.94 bits per heavy atom. The summed E-state index contributed by atoms with van der Waals surface area (Å²) < 4.78 is 0. The van der Waals surface area contributed by atoms with E-state index in [1.807, 2.05) is 0 Å². The maximum atomic E-state index is 9.71. The monoisotopic (exact) mass is 260 g/mol. The third-order valence-electron chi connectivity index (χ3n) is 2.72. The fourth-order valence-corrected chi connectivity index (χ4v) is 2.25. The van der Waals surface area contributed by atoms with Crippen LogP contribution in [0.25, 0.3) is 0 Å². The first-order valence-electron chi connectivity index (χ1n) is 5.24. The molecule has 0 aromatic heterocycles. The normalized spacial score (nSPS) is 17.2. The number of nitrogen functional groups attached to an aromatic ring is 1. The van der Waals surface area contributed by atoms with Gasteiger partial charge in [-0.2, -0.15) is 0 Å². The highest BCUT2D eigenvalue weighted by molar-refractivity contribution is 6.39. The Kier molecular flexibility index (Phi) is 3.47. The van der Waals surface area contributed by atoms with Crippen LogP contribution in [-0.4, -0.2) is 17.8 Å². The minimum Gasteiger partial charge on any atom is -0.399 e. The molecule has 1 aliphatic carbocycles. The lowest BCUT2D eigenvalue weighted by atomic mass is 10.2. The Balaban J connectivity index is 2.02. The van der Waals surface area contributed by atoms with E-state index in [4.69, 9.17) is 28.9 Å². The first-order valence-corrected chi connectivity index (χ1v) is 6.00. The molecule has 1 aliphatic rings. The summed E-state index contributed by atoms with van der Waals surface area (Å²) in [4.78, 5) is 0. The Bertz CT molecular complexity index is 371. The second kappa shape index (κ2) is 4.70. The largest absolute Gasteiger partial charge is 0.399 e. The van der Waals surface area contributed by atoms with Crippen molar-refractivity contribution < 1.29 is 5.11 Å². The predicted molar refractivity (Wildman–Crippen MR) is 68.1 cm³/mol. The summed E-state index contributed by atoms with van der Waals surface area (Å²) in [5.74, 6) is 0.429. The van der Waals surface area contributed by atoms with E-state index >= 15 is 0 Å². The van der Waals surface area contributed by atoms with Gasteiger partial charge in [-0.05, 0) is 30.9 Å². The zero-order valence-corrected chi connectivity index (χ0v) is 10.2. The zero-order chi connectivity index (χ0) is 11.7. The van der Waals surface area contributed by atoms with Crippen LogP contribution in [0.2, 0.25) is 10.0 Å². The summed E-state index contributed by atoms with van der Waals surface area (Å²) in [6.45, 7) is 0.466. The van der Waals surface area contributed by atoms with Crippen molar-refractivity contribution in [3.8, 4) is 0 Å². The molecule has 1 saturated carbocycles. The van der Waals surface area contributed by atoms with Gasteiger partial charge in [-0.3, -0.25) is 0 Å². The van der Waals surface area contributed by atoms with Crippen molar-refractivity contribution in [1.82, 2.24) is 0 Å². The molecule has 1 fully saturated rings. The highest BCUT2D eigenvalue weighted by Gasteiger charge is 2.29. The summed E-state index contributed by atoms with van der Waals surface area (Å²) in [6, 6.07) is 3.28. The zero-order valence-electron chi connectivity index (χ0n) is 8.71. The molecule has 2 rings (SSSR count). The molecule has 0 saturated heterocycles. The average Bonchev–Trinajstić information content (AvgIpc) is 2.98. The van der Waals surface area contributed by atoms with Crippen molar-refractivity contribution in [2.75, 3.05) is 17.6 Å². The molecule has 0 heterocycles. The minimum absolute atomic E-state index is 0.329. The van der Waals surface area contributed by atoms with Crippen LogP contribution in [0, 0.1) is 5.92 Å². The van der Waals surface area contributed by atoms with Crippen LogP contribution in [0.3, 0.4) is 0 Å². The van der Waals surface area contributed by atoms with Gasteiger partial charge in [-0.25, -0.2) is 0 Å². The highest BCUT2D eigenvalue weighted by atomic mass is 35.5. The quantitative estimate of drug-likeness (QED) is 0.730. The van der Waals surface area contributed by atoms with Crippen molar-refractivity contribution in [2.45, 2.75) is 18.9 Å². The number of anilines is 2. The molecule has 5 heteroatoms. The van der Waals surface area contributed by atoms with Gasteiger partial charge in [0.25, 0.3) is 0 Å². The maximum absolute atomic E-state index is 9.71. The second-order valence-electron chi connectivity index (χ2n) is 4.15. The van der Waals surface area contributed by atoms with Crippen molar-refractivity contribution in [1.29, 1.82) is 0 Å². The number of hydrogen-bond acceptors (Lipinski definition) is 3. The minimum atomic E-state index is -0.329. The number of rotatable bonds is 4. The summed E-state index contributed by atoms with van der Waals surface area (Å²) in [6.07, 6.45) is 1.88. The van der Waals surface area contributed by atoms with Gasteiger partial charge in [-0.15, -0.1) is 0 Å². The van der Waals surface area contributed by atoms with Gasteiger partial charge in [0.05, 0.1) is 21.8 Å². The molecule has 88 valence electrons. The molecule has 1 aromatic carbocycles. The number of nitrogens with two attached hydrogens (primary N) is 1. The molecule has 0 bridgehead atoms. The van der Waals surface area contributed by atoms with Crippen LogP contribution in [0.1, 0.15) is 12.8 Å². The van der Waals surface area contributed by atoms with Gasteiger partial charge >= 0.3 is 0 Å². The van der Waals surface area contributed by atoms with Gasteiger partial charge in [0.2, 0.25) is 0 Å². The van der Waals surface area contributed by atoms with E-state index in [-0.39, 0.29) is 6.10 Å². The molecule has 0 amide bonds. The standard InChI is InChI=1S/C11H14Cl2N2O/c12-8-3-7(14)4-9(13)11(8)15-5-10(16)6-1-2-6/h3-4,6,10,15-16H,1-2,5,14H2. The smallest absolute Gasteiger partial charge is 0.0740 e. The first kappa shape index (κ1) is 11.8. The Morgan fingerprint density at radius 3 is 2.44 bits per heavy atom. The van der Waals surface area contributed by atoms with Gasteiger partial charge < -0.3 is 16.2 Å². The molecule has 16 heavy (non-hydrogen) atoms. The topological polar surface area (TPSA) is 58.3 Å². The predicted octanol–water partition coefficient (Wildman–Crippen LogP) is 2.76. The third-order valence-corrected chi connectivity index (χ3v) is 3.31. The second-order valence-corrected chi connectivity index (χ2v) is 4.96. The summed E-state index contributed by atoms with van der Waals surface area (Å²) >= 11 is 12.0. The van der Waals surface area contributed by atoms with Crippen LogP contribution in [0.15, 0.2) is 12.1 Å². The van der Waals surface area contributed by atoms with E-state index in [0.717, 1.165) is 12.8 Å². The summed E-state index contributed by atoms with van der Waals surface area (Å²) in [5, 5.41) is 13.7. The molecule has 0 radical (unpaired) electrons. The number of halogens is 2. The molecule has 4 N–H and O–H groups in total. The van der Waals surface area contributed by atoms with Gasteiger partial charge in [0.1, 0.15) is 0 Å². The van der Waals surface area contributed by atoms with Crippen LogP contribution < -0.4 is 11.1 Å². The molecule has 0 aliphatic heterocycles. The number of hydrogen-bond donors (Lipinski definition) is 3. The van der Waals surface area contributed by atoms with Gasteiger partial charge in [-0.1, -0.05) is 23.2 Å². The molecule has 1 aromatic rings. The molecular weight excluding hydrogens is 247 g/mol. The molecule has 1 atom stereocenters. The Labute approximate surface area is 105 Å². The summed E-state index contributed by atoms with van der Waals surface area (Å²) in [5.41, 5.74) is 6.76. The fourth-order valence-electron chi connectivity index (χ4n) is 1.62. The molecular formula is C11H14Cl2N2O. The van der Waals surface area contributed by atoms with Crippen LogP contribution in [-0.2, 0) is 0 Å². The van der Waals surface area contributed by atoms with Crippen molar-refractivity contribution in [3.05, 3.63) is 22.2 Å². The van der Waals surface area contributed by atoms with Crippen molar-refractivity contribution in [2.24, 2.45) is 5.92 Å². The van der Waals surface area contributed by atoms with E-state index in [1.165, 1.54) is 0 Å². The number of nitrogens with one attached hydrogen (secondary N) is 1. The maximum Gasteiger partial charge on any atom is 0.0740 e. The highest BCUT2D eigenvalue weighted by Crippen LogP contribution is 2.35. The van der Waals surface area contributed by atoms with Gasteiger partial charge in [0.15, 0.2) is 0 Å². The van der Waals surface area contributed by atoms with Gasteiger partial charge in [0, 0.05) is 12.2 Å². The van der Waals surface area contributed by atoms with E-state index < -0.39 is 0 Å². The molecule has 3 nitrogen and oxygen atoms in total. The lowest BCUT2D eigenvalue weighted by Crippen LogP contribution is -2.21. The van der Waals surface area contributed by atoms with E-state index in [1.54, 1.807) is 12.1 Å². The third kappa shape index (κ3) is 2.73. The SMILES string of the molecule is Nc1cc(Cl)c(NCC(O)C2CC2)c(Cl)c1. The van der Waals surface area contributed by atoms with E-state index in [9.17, 15) is 5.11 Å². The van der Waals surface area contributed by atoms with E-state index in [2.05, 4.69) is 5.32 Å². The summed E-state index contributed by atoms with van der Waals surface area (Å²) in [7, 11) is 0. The molecule has 0 spiro atoms. The number of benzene rings is 1. The van der Waals surface area contributed by atoms with Crippen molar-refractivity contribution in [3.63, 3.8) is 0 Å². The lowest BCUT2D eigenvalue weighted by molar-refractivity contribution is 0.164. The van der Waals surface area contributed by atoms with Crippen LogP contribution in [0.5, 0.6) is 0 Å². The average molecular weight is 261 g/mol. The lowest BCUT2D eigenvalue weighted by Gasteiger charge is -2.14. The Hall–Kier alpha value is -0.640. The number of aliphatic hydroxyl groups excluding tert-OH is 1. The number of aliphatic hydroxyl groups is 1. The fraction of sp³-hybridized carbons (Fsp3) is 0.455.